The number of amides is 4. The Morgan fingerprint density at radius 2 is 0.861 bits per heavy atom. The molecule has 0 aliphatic rings. The largest absolute Gasteiger partial charge is 0.462 e. The Hall–Kier alpha value is -3.64. The molecule has 0 rings (SSSR count). The van der Waals surface area contributed by atoms with Crippen molar-refractivity contribution in [2.75, 3.05) is 63.9 Å². The third kappa shape index (κ3) is 53.4. The first kappa shape index (κ1) is 75.4. The van der Waals surface area contributed by atoms with E-state index in [1.165, 1.54) is 140 Å². The second-order valence-electron chi connectivity index (χ2n) is 23.3. The van der Waals surface area contributed by atoms with Gasteiger partial charge < -0.3 is 50.8 Å². The quantitative estimate of drug-likeness (QED) is 0.0144. The molecule has 462 valence electrons. The van der Waals surface area contributed by atoms with Crippen molar-refractivity contribution >= 4 is 53.5 Å². The minimum Gasteiger partial charge on any atom is -0.462 e. The Bertz CT molecular complexity index is 1580. The van der Waals surface area contributed by atoms with Crippen LogP contribution < -0.4 is 31.9 Å². The molecule has 4 amide bonds. The minimum atomic E-state index is -1.03. The van der Waals surface area contributed by atoms with Crippen molar-refractivity contribution < 1.29 is 52.5 Å². The molecule has 0 radical (unpaired) electrons. The molecule has 0 saturated heterocycles. The molecule has 0 aliphatic heterocycles. The summed E-state index contributed by atoms with van der Waals surface area (Å²) in [6.45, 7) is 18.2. The van der Waals surface area contributed by atoms with Gasteiger partial charge in [-0.05, 0) is 106 Å². The number of ether oxygens (including phenoxy) is 4. The van der Waals surface area contributed by atoms with Crippen molar-refractivity contribution in [3.63, 3.8) is 0 Å². The van der Waals surface area contributed by atoms with E-state index in [1.807, 2.05) is 0 Å². The van der Waals surface area contributed by atoms with Gasteiger partial charge in [0.15, 0.2) is 0 Å². The summed E-state index contributed by atoms with van der Waals surface area (Å²) in [6.07, 6.45) is 34.1. The Morgan fingerprint density at radius 3 is 1.32 bits per heavy atom. The first-order valence-corrected chi connectivity index (χ1v) is 32.4. The van der Waals surface area contributed by atoms with Crippen LogP contribution in [0, 0.1) is 0 Å². The number of rotatable bonds is 52. The molecule has 79 heavy (non-hydrogen) atoms. The van der Waals surface area contributed by atoms with Gasteiger partial charge in [0.05, 0.1) is 6.54 Å². The molecule has 2 atom stereocenters. The highest BCUT2D eigenvalue weighted by Crippen LogP contribution is 2.17. The predicted octanol–water partition coefficient (Wildman–Crippen LogP) is 11.5. The number of alkyl carbamates (subject to hydrolysis) is 1. The summed E-state index contributed by atoms with van der Waals surface area (Å²) < 4.78 is 22.1. The molecular weight excluding hydrogens is 1020 g/mol. The molecule has 18 heteroatoms. The summed E-state index contributed by atoms with van der Waals surface area (Å²) >= 11 is 1.35. The predicted molar refractivity (Wildman–Crippen MR) is 321 cm³/mol. The maximum atomic E-state index is 13.5. The second-order valence-corrected chi connectivity index (χ2v) is 24.3. The fraction of sp³-hybridized carbons (Fsp3) is 0.885. The topological polar surface area (TPSA) is 229 Å². The molecule has 0 aliphatic carbocycles. The maximum Gasteiger partial charge on any atom is 0.408 e. The van der Waals surface area contributed by atoms with Gasteiger partial charge in [-0.15, -0.1) is 0 Å². The standard InChI is InChI=1S/C61H116N6O11S/c1-9-11-13-15-17-19-21-23-25-27-29-31-33-39-54(69)75-48-51(76-55(70)40-34-32-30-28-26-24-22-20-18-16-14-12-10-2)49-79-50-52(67-59(74)78-61(6,7)8)56(71)65-46-38-44-63-42-36-35-41-62-43-37-45-64-53(68)47-66-57(72)58(73)77-60(3,4)5/h51-52,62-63H,9-50H2,1-8H3,(H,64,68)(H,65,71)(H,66,72)(H,67,74). The van der Waals surface area contributed by atoms with Crippen LogP contribution in [0.3, 0.4) is 0 Å². The third-order valence-corrected chi connectivity index (χ3v) is 14.1. The Balaban J connectivity index is 4.91. The van der Waals surface area contributed by atoms with Crippen LogP contribution in [-0.4, -0.2) is 129 Å². The van der Waals surface area contributed by atoms with Crippen LogP contribution in [0.25, 0.3) is 0 Å². The normalized spacial score (nSPS) is 12.3. The third-order valence-electron chi connectivity index (χ3n) is 12.9. The zero-order valence-corrected chi connectivity index (χ0v) is 52.1. The lowest BCUT2D eigenvalue weighted by Gasteiger charge is -2.24. The van der Waals surface area contributed by atoms with Gasteiger partial charge in [-0.3, -0.25) is 24.0 Å². The van der Waals surface area contributed by atoms with E-state index in [-0.39, 0.29) is 48.4 Å². The van der Waals surface area contributed by atoms with Crippen LogP contribution >= 0.6 is 11.8 Å². The van der Waals surface area contributed by atoms with E-state index >= 15 is 0 Å². The highest BCUT2D eigenvalue weighted by atomic mass is 32.2. The molecule has 0 saturated carbocycles. The fourth-order valence-corrected chi connectivity index (χ4v) is 9.54. The van der Waals surface area contributed by atoms with E-state index < -0.39 is 41.3 Å². The van der Waals surface area contributed by atoms with Gasteiger partial charge in [-0.2, -0.15) is 11.8 Å². The van der Waals surface area contributed by atoms with Gasteiger partial charge in [-0.1, -0.05) is 168 Å². The van der Waals surface area contributed by atoms with E-state index in [4.69, 9.17) is 18.9 Å². The van der Waals surface area contributed by atoms with E-state index in [1.54, 1.807) is 41.5 Å². The van der Waals surface area contributed by atoms with Gasteiger partial charge in [0.25, 0.3) is 0 Å². The van der Waals surface area contributed by atoms with Crippen LogP contribution in [0.15, 0.2) is 0 Å². The van der Waals surface area contributed by atoms with Crippen molar-refractivity contribution in [1.82, 2.24) is 31.9 Å². The summed E-state index contributed by atoms with van der Waals surface area (Å²) in [5.74, 6) is -2.90. The smallest absolute Gasteiger partial charge is 0.408 e. The molecule has 0 aromatic rings. The lowest BCUT2D eigenvalue weighted by atomic mass is 10.0. The van der Waals surface area contributed by atoms with Crippen molar-refractivity contribution in [1.29, 1.82) is 0 Å². The van der Waals surface area contributed by atoms with Gasteiger partial charge in [-0.25, -0.2) is 9.59 Å². The number of carbonyl (C=O) groups excluding carboxylic acids is 7. The minimum absolute atomic E-state index is 0.0684. The van der Waals surface area contributed by atoms with Gasteiger partial charge in [0, 0.05) is 37.4 Å². The Kier molecular flexibility index (Phi) is 48.9. The molecule has 0 spiro atoms. The van der Waals surface area contributed by atoms with Crippen LogP contribution in [0.4, 0.5) is 4.79 Å². The van der Waals surface area contributed by atoms with Crippen molar-refractivity contribution in [3.8, 4) is 0 Å². The number of esters is 3. The van der Waals surface area contributed by atoms with Crippen LogP contribution in [0.2, 0.25) is 0 Å². The van der Waals surface area contributed by atoms with E-state index in [2.05, 4.69) is 45.7 Å². The highest BCUT2D eigenvalue weighted by molar-refractivity contribution is 7.99. The zero-order chi connectivity index (χ0) is 58.7. The number of hydrogen-bond acceptors (Lipinski definition) is 14. The maximum absolute atomic E-state index is 13.5. The molecule has 0 heterocycles. The number of carbonyl (C=O) groups is 7. The lowest BCUT2D eigenvalue weighted by molar-refractivity contribution is -0.163. The van der Waals surface area contributed by atoms with E-state index in [0.717, 1.165) is 64.5 Å². The highest BCUT2D eigenvalue weighted by Gasteiger charge is 2.26. The average molecular weight is 1140 g/mol. The van der Waals surface area contributed by atoms with Gasteiger partial charge in [0.1, 0.15) is 30.0 Å². The Labute approximate surface area is 484 Å². The molecule has 0 aromatic heterocycles. The molecule has 0 aromatic carbocycles. The summed E-state index contributed by atoms with van der Waals surface area (Å²) in [4.78, 5) is 87.9. The summed E-state index contributed by atoms with van der Waals surface area (Å²) in [5, 5.41) is 17.4. The molecule has 0 fully saturated rings. The van der Waals surface area contributed by atoms with Crippen molar-refractivity contribution in [2.45, 2.75) is 284 Å². The first-order valence-electron chi connectivity index (χ1n) is 31.3. The zero-order valence-electron chi connectivity index (χ0n) is 51.3. The molecule has 2 unspecified atom stereocenters. The number of thioether (sulfide) groups is 1. The lowest BCUT2D eigenvalue weighted by Crippen LogP contribution is -2.50. The molecule has 17 nitrogen and oxygen atoms in total. The number of unbranched alkanes of at least 4 members (excludes halogenated alkanes) is 25. The van der Waals surface area contributed by atoms with Gasteiger partial charge in [0.2, 0.25) is 11.8 Å². The van der Waals surface area contributed by atoms with E-state index in [0.29, 0.717) is 51.9 Å². The number of hydrogen-bond donors (Lipinski definition) is 6. The molecule has 0 bridgehead atoms. The fourth-order valence-electron chi connectivity index (χ4n) is 8.50. The average Bonchev–Trinajstić information content (AvgIpc) is 3.38. The molecule has 6 N–H and O–H groups in total. The Morgan fingerprint density at radius 1 is 0.443 bits per heavy atom. The summed E-state index contributed by atoms with van der Waals surface area (Å²) in [5.41, 5.74) is -1.56. The summed E-state index contributed by atoms with van der Waals surface area (Å²) in [7, 11) is 0. The van der Waals surface area contributed by atoms with Crippen LogP contribution in [0.1, 0.15) is 261 Å². The SMILES string of the molecule is CCCCCCCCCCCCCCCC(=O)OCC(CSCC(NC(=O)OC(C)(C)C)C(=O)NCCCNCCCCNCCCNC(=O)CNC(=O)C(=O)OC(C)(C)C)OC(=O)CCCCCCCCCCCCCCC. The van der Waals surface area contributed by atoms with Gasteiger partial charge >= 0.3 is 29.9 Å². The second kappa shape index (κ2) is 51.3. The van der Waals surface area contributed by atoms with Crippen LogP contribution in [0.5, 0.6) is 0 Å². The first-order chi connectivity index (χ1) is 37.9. The van der Waals surface area contributed by atoms with Crippen molar-refractivity contribution in [2.24, 2.45) is 0 Å². The number of nitrogens with one attached hydrogen (secondary N) is 6. The molecular formula is C61H116N6O11S. The van der Waals surface area contributed by atoms with Crippen LogP contribution in [-0.2, 0) is 47.7 Å². The summed E-state index contributed by atoms with van der Waals surface area (Å²) in [6, 6.07) is -0.921. The van der Waals surface area contributed by atoms with E-state index in [9.17, 15) is 33.6 Å². The van der Waals surface area contributed by atoms with Crippen molar-refractivity contribution in [3.05, 3.63) is 0 Å². The monoisotopic (exact) mass is 1140 g/mol.